The molecule has 0 aliphatic heterocycles. The predicted octanol–water partition coefficient (Wildman–Crippen LogP) is 6.67. The first kappa shape index (κ1) is 17.8. The van der Waals surface area contributed by atoms with Gasteiger partial charge >= 0.3 is 0 Å². The van der Waals surface area contributed by atoms with Crippen LogP contribution < -0.4 is 9.64 Å². The largest absolute Gasteiger partial charge is 0.497 e. The lowest BCUT2D eigenvalue weighted by Gasteiger charge is -2.28. The van der Waals surface area contributed by atoms with Crippen molar-refractivity contribution >= 4 is 17.1 Å². The van der Waals surface area contributed by atoms with E-state index in [-0.39, 0.29) is 0 Å². The smallest absolute Gasteiger partial charge is 0.118 e. The van der Waals surface area contributed by atoms with Gasteiger partial charge in [-0.2, -0.15) is 0 Å². The van der Waals surface area contributed by atoms with E-state index in [0.717, 1.165) is 30.0 Å². The fourth-order valence-electron chi connectivity index (χ4n) is 2.96. The molecule has 3 aromatic rings. The van der Waals surface area contributed by atoms with Crippen molar-refractivity contribution in [1.29, 1.82) is 0 Å². The maximum absolute atomic E-state index is 5.33. The summed E-state index contributed by atoms with van der Waals surface area (Å²) in [4.78, 5) is 2.32. The Morgan fingerprint density at radius 3 is 1.81 bits per heavy atom. The van der Waals surface area contributed by atoms with Crippen LogP contribution in [0.25, 0.3) is 5.70 Å². The van der Waals surface area contributed by atoms with Crippen molar-refractivity contribution in [3.05, 3.63) is 96.6 Å². The standard InChI is InChI=1S/C24H25NO/c1-3-4-15-24(20-16-18-23(26-2)19-17-20)25(21-11-7-5-8-12-21)22-13-9-6-10-14-22/h5-19H,3-4H2,1-2H3. The van der Waals surface area contributed by atoms with Crippen LogP contribution in [0.5, 0.6) is 5.75 Å². The second-order valence-corrected chi connectivity index (χ2v) is 6.11. The Bertz CT molecular complexity index is 784. The lowest BCUT2D eigenvalue weighted by molar-refractivity contribution is 0.415. The van der Waals surface area contributed by atoms with Gasteiger partial charge in [-0.25, -0.2) is 0 Å². The second kappa shape index (κ2) is 8.91. The lowest BCUT2D eigenvalue weighted by atomic mass is 10.1. The minimum absolute atomic E-state index is 0.870. The molecule has 0 bridgehead atoms. The molecule has 0 aromatic heterocycles. The summed E-state index contributed by atoms with van der Waals surface area (Å²) in [5.74, 6) is 0.870. The van der Waals surface area contributed by atoms with Gasteiger partial charge in [0.15, 0.2) is 0 Å². The Morgan fingerprint density at radius 1 is 0.808 bits per heavy atom. The van der Waals surface area contributed by atoms with E-state index in [1.54, 1.807) is 7.11 Å². The molecular weight excluding hydrogens is 318 g/mol. The topological polar surface area (TPSA) is 12.5 Å². The summed E-state index contributed by atoms with van der Waals surface area (Å²) < 4.78 is 5.33. The first-order valence-electron chi connectivity index (χ1n) is 9.08. The molecule has 3 rings (SSSR count). The van der Waals surface area contributed by atoms with Crippen LogP contribution in [-0.2, 0) is 0 Å². The molecule has 0 amide bonds. The third-order valence-corrected chi connectivity index (χ3v) is 4.28. The van der Waals surface area contributed by atoms with Gasteiger partial charge in [-0.3, -0.25) is 0 Å². The van der Waals surface area contributed by atoms with Crippen molar-refractivity contribution in [1.82, 2.24) is 0 Å². The molecule has 0 aliphatic rings. The molecular formula is C24H25NO. The molecule has 26 heavy (non-hydrogen) atoms. The molecule has 2 heteroatoms. The number of anilines is 2. The van der Waals surface area contributed by atoms with Crippen LogP contribution in [-0.4, -0.2) is 7.11 Å². The summed E-state index contributed by atoms with van der Waals surface area (Å²) in [5.41, 5.74) is 4.66. The minimum Gasteiger partial charge on any atom is -0.497 e. The van der Waals surface area contributed by atoms with Gasteiger partial charge < -0.3 is 9.64 Å². The fourth-order valence-corrected chi connectivity index (χ4v) is 2.96. The average Bonchev–Trinajstić information content (AvgIpc) is 2.72. The fraction of sp³-hybridized carbons (Fsp3) is 0.167. The number of hydrogen-bond donors (Lipinski definition) is 0. The van der Waals surface area contributed by atoms with E-state index >= 15 is 0 Å². The van der Waals surface area contributed by atoms with Gasteiger partial charge in [-0.15, -0.1) is 0 Å². The highest BCUT2D eigenvalue weighted by Gasteiger charge is 2.16. The van der Waals surface area contributed by atoms with Gasteiger partial charge in [0.2, 0.25) is 0 Å². The quantitative estimate of drug-likeness (QED) is 0.475. The van der Waals surface area contributed by atoms with Gasteiger partial charge in [0.1, 0.15) is 5.75 Å². The van der Waals surface area contributed by atoms with Gasteiger partial charge in [-0.05, 0) is 60.5 Å². The molecule has 0 aliphatic carbocycles. The number of allylic oxidation sites excluding steroid dienone is 1. The Morgan fingerprint density at radius 2 is 1.35 bits per heavy atom. The van der Waals surface area contributed by atoms with Crippen LogP contribution in [0.15, 0.2) is 91.0 Å². The van der Waals surface area contributed by atoms with Gasteiger partial charge in [0.05, 0.1) is 7.11 Å². The summed E-state index contributed by atoms with van der Waals surface area (Å²) in [6, 6.07) is 29.3. The zero-order valence-corrected chi connectivity index (χ0v) is 15.4. The number of rotatable bonds is 7. The van der Waals surface area contributed by atoms with E-state index in [1.165, 1.54) is 11.3 Å². The first-order valence-corrected chi connectivity index (χ1v) is 9.08. The highest BCUT2D eigenvalue weighted by molar-refractivity contribution is 5.87. The first-order chi connectivity index (χ1) is 12.8. The van der Waals surface area contributed by atoms with E-state index in [0.29, 0.717) is 0 Å². The number of benzene rings is 3. The minimum atomic E-state index is 0.870. The zero-order valence-electron chi connectivity index (χ0n) is 15.4. The van der Waals surface area contributed by atoms with Crippen molar-refractivity contribution in [2.45, 2.75) is 19.8 Å². The molecule has 0 spiro atoms. The third-order valence-electron chi connectivity index (χ3n) is 4.28. The predicted molar refractivity (Wildman–Crippen MR) is 111 cm³/mol. The molecule has 3 aromatic carbocycles. The summed E-state index contributed by atoms with van der Waals surface area (Å²) in [7, 11) is 1.70. The van der Waals surface area contributed by atoms with Crippen molar-refractivity contribution in [2.75, 3.05) is 12.0 Å². The highest BCUT2D eigenvalue weighted by atomic mass is 16.5. The molecule has 0 saturated heterocycles. The normalized spacial score (nSPS) is 11.2. The highest BCUT2D eigenvalue weighted by Crippen LogP contribution is 2.35. The van der Waals surface area contributed by atoms with Crippen LogP contribution >= 0.6 is 0 Å². The molecule has 2 nitrogen and oxygen atoms in total. The van der Waals surface area contributed by atoms with Gasteiger partial charge in [0.25, 0.3) is 0 Å². The second-order valence-electron chi connectivity index (χ2n) is 6.11. The van der Waals surface area contributed by atoms with Crippen LogP contribution in [0.2, 0.25) is 0 Å². The Hall–Kier alpha value is -3.00. The van der Waals surface area contributed by atoms with Crippen LogP contribution in [0.3, 0.4) is 0 Å². The van der Waals surface area contributed by atoms with Crippen molar-refractivity contribution in [2.24, 2.45) is 0 Å². The SMILES string of the molecule is CCCC=C(c1ccc(OC)cc1)N(c1ccccc1)c1ccccc1. The van der Waals surface area contributed by atoms with Crippen molar-refractivity contribution < 1.29 is 4.74 Å². The molecule has 0 radical (unpaired) electrons. The number of para-hydroxylation sites is 2. The van der Waals surface area contributed by atoms with Crippen molar-refractivity contribution in [3.63, 3.8) is 0 Å². The molecule has 0 N–H and O–H groups in total. The van der Waals surface area contributed by atoms with Crippen LogP contribution in [0.4, 0.5) is 11.4 Å². The van der Waals surface area contributed by atoms with E-state index in [4.69, 9.17) is 4.74 Å². The summed E-state index contributed by atoms with van der Waals surface area (Å²) in [6.45, 7) is 2.21. The van der Waals surface area contributed by atoms with E-state index in [9.17, 15) is 0 Å². The van der Waals surface area contributed by atoms with Gasteiger partial charge in [0, 0.05) is 17.1 Å². The molecule has 0 fully saturated rings. The third kappa shape index (κ3) is 4.15. The number of ether oxygens (including phenoxy) is 1. The van der Waals surface area contributed by atoms with Crippen molar-refractivity contribution in [3.8, 4) is 5.75 Å². The monoisotopic (exact) mass is 343 g/mol. The van der Waals surface area contributed by atoms with Gasteiger partial charge in [-0.1, -0.05) is 55.8 Å². The Labute approximate surface area is 156 Å². The van der Waals surface area contributed by atoms with Crippen LogP contribution in [0.1, 0.15) is 25.3 Å². The number of methoxy groups -OCH3 is 1. The van der Waals surface area contributed by atoms with E-state index < -0.39 is 0 Å². The average molecular weight is 343 g/mol. The number of nitrogens with zero attached hydrogens (tertiary/aromatic N) is 1. The maximum Gasteiger partial charge on any atom is 0.118 e. The van der Waals surface area contributed by atoms with Crippen LogP contribution in [0, 0.1) is 0 Å². The summed E-state index contributed by atoms with van der Waals surface area (Å²) in [5, 5.41) is 0. The molecule has 0 heterocycles. The maximum atomic E-state index is 5.33. The summed E-state index contributed by atoms with van der Waals surface area (Å²) in [6.07, 6.45) is 4.45. The number of hydrogen-bond acceptors (Lipinski definition) is 2. The molecule has 0 atom stereocenters. The molecule has 0 saturated carbocycles. The summed E-state index contributed by atoms with van der Waals surface area (Å²) >= 11 is 0. The van der Waals surface area contributed by atoms with E-state index in [1.807, 2.05) is 12.1 Å². The van der Waals surface area contributed by atoms with E-state index in [2.05, 4.69) is 90.7 Å². The Kier molecular flexibility index (Phi) is 6.10. The number of unbranched alkanes of at least 4 members (excludes halogenated alkanes) is 1. The zero-order chi connectivity index (χ0) is 18.2. The Balaban J connectivity index is 2.12. The lowest BCUT2D eigenvalue weighted by Crippen LogP contribution is -2.15. The molecule has 0 unspecified atom stereocenters. The molecule has 132 valence electrons.